The van der Waals surface area contributed by atoms with Crippen LogP contribution in [-0.4, -0.2) is 24.5 Å². The zero-order valence-corrected chi connectivity index (χ0v) is 11.9. The summed E-state index contributed by atoms with van der Waals surface area (Å²) in [5.74, 6) is -0.261. The molecule has 0 saturated carbocycles. The van der Waals surface area contributed by atoms with Crippen molar-refractivity contribution in [2.24, 2.45) is 11.1 Å². The van der Waals surface area contributed by atoms with Gasteiger partial charge in [-0.25, -0.2) is 4.39 Å². The molecule has 104 valence electrons. The number of hydrogen-bond acceptors (Lipinski definition) is 3. The summed E-state index contributed by atoms with van der Waals surface area (Å²) in [7, 11) is 0. The smallest absolute Gasteiger partial charge is 0.127 e. The summed E-state index contributed by atoms with van der Waals surface area (Å²) < 4.78 is 13.8. The second kappa shape index (κ2) is 6.65. The van der Waals surface area contributed by atoms with Crippen LogP contribution < -0.4 is 5.73 Å². The van der Waals surface area contributed by atoms with Crippen molar-refractivity contribution in [3.8, 4) is 6.07 Å². The van der Waals surface area contributed by atoms with E-state index in [1.54, 1.807) is 6.07 Å². The third-order valence-electron chi connectivity index (χ3n) is 3.22. The second-order valence-electron chi connectivity index (χ2n) is 5.59. The summed E-state index contributed by atoms with van der Waals surface area (Å²) in [5, 5.41) is 8.87. The Balaban J connectivity index is 2.84. The van der Waals surface area contributed by atoms with Gasteiger partial charge in [-0.2, -0.15) is 5.26 Å². The first-order valence-electron chi connectivity index (χ1n) is 6.53. The quantitative estimate of drug-likeness (QED) is 0.858. The number of rotatable bonds is 6. The molecule has 0 amide bonds. The van der Waals surface area contributed by atoms with Crippen LogP contribution in [0.15, 0.2) is 18.2 Å². The van der Waals surface area contributed by atoms with E-state index in [0.29, 0.717) is 24.2 Å². The Bertz CT molecular complexity index is 463. The summed E-state index contributed by atoms with van der Waals surface area (Å²) in [5.41, 5.74) is 6.79. The standard InChI is InChI=1S/C15H22FN3/c1-4-19(11-15(2,3)10-18)9-13-7-12(8-17)5-6-14(13)16/h5-7H,4,9-11,18H2,1-3H3. The van der Waals surface area contributed by atoms with Gasteiger partial charge in [0.1, 0.15) is 5.82 Å². The summed E-state index contributed by atoms with van der Waals surface area (Å²) in [6, 6.07) is 6.51. The maximum atomic E-state index is 13.8. The molecule has 1 rings (SSSR count). The molecular formula is C15H22FN3. The second-order valence-corrected chi connectivity index (χ2v) is 5.59. The maximum absolute atomic E-state index is 13.8. The van der Waals surface area contributed by atoms with Crippen LogP contribution in [0.1, 0.15) is 31.9 Å². The fourth-order valence-corrected chi connectivity index (χ4v) is 1.96. The molecule has 1 aromatic rings. The summed E-state index contributed by atoms with van der Waals surface area (Å²) in [4.78, 5) is 2.15. The van der Waals surface area contributed by atoms with Gasteiger partial charge in [-0.05, 0) is 36.7 Å². The van der Waals surface area contributed by atoms with E-state index in [1.807, 2.05) is 13.0 Å². The third-order valence-corrected chi connectivity index (χ3v) is 3.22. The molecule has 0 aliphatic heterocycles. The fraction of sp³-hybridized carbons (Fsp3) is 0.533. The number of benzene rings is 1. The van der Waals surface area contributed by atoms with E-state index >= 15 is 0 Å². The summed E-state index contributed by atoms with van der Waals surface area (Å²) in [6.45, 7) is 8.94. The first-order valence-corrected chi connectivity index (χ1v) is 6.53. The predicted molar refractivity (Wildman–Crippen MR) is 74.9 cm³/mol. The Morgan fingerprint density at radius 3 is 2.63 bits per heavy atom. The van der Waals surface area contributed by atoms with Crippen molar-refractivity contribution in [1.82, 2.24) is 4.90 Å². The fourth-order valence-electron chi connectivity index (χ4n) is 1.96. The molecular weight excluding hydrogens is 241 g/mol. The van der Waals surface area contributed by atoms with E-state index in [9.17, 15) is 4.39 Å². The SMILES string of the molecule is CCN(Cc1cc(C#N)ccc1F)CC(C)(C)CN. The number of nitrogens with zero attached hydrogens (tertiary/aromatic N) is 2. The average Bonchev–Trinajstić information content (AvgIpc) is 2.40. The summed E-state index contributed by atoms with van der Waals surface area (Å²) in [6.07, 6.45) is 0. The Hall–Kier alpha value is -1.44. The van der Waals surface area contributed by atoms with Gasteiger partial charge in [0.15, 0.2) is 0 Å². The van der Waals surface area contributed by atoms with Crippen LogP contribution in [-0.2, 0) is 6.54 Å². The van der Waals surface area contributed by atoms with Crippen LogP contribution in [0, 0.1) is 22.6 Å². The van der Waals surface area contributed by atoms with E-state index in [4.69, 9.17) is 11.0 Å². The lowest BCUT2D eigenvalue weighted by atomic mass is 9.93. The number of nitrogens with two attached hydrogens (primary N) is 1. The van der Waals surface area contributed by atoms with Gasteiger partial charge in [0.25, 0.3) is 0 Å². The molecule has 0 atom stereocenters. The minimum absolute atomic E-state index is 0.000670. The van der Waals surface area contributed by atoms with E-state index in [-0.39, 0.29) is 11.2 Å². The van der Waals surface area contributed by atoms with Gasteiger partial charge in [0.05, 0.1) is 11.6 Å². The molecule has 0 bridgehead atoms. The van der Waals surface area contributed by atoms with Crippen LogP contribution in [0.2, 0.25) is 0 Å². The van der Waals surface area contributed by atoms with Crippen molar-refractivity contribution in [1.29, 1.82) is 5.26 Å². The van der Waals surface area contributed by atoms with E-state index < -0.39 is 0 Å². The molecule has 0 aliphatic carbocycles. The normalized spacial score (nSPS) is 11.6. The van der Waals surface area contributed by atoms with Crippen molar-refractivity contribution < 1.29 is 4.39 Å². The Labute approximate surface area is 114 Å². The van der Waals surface area contributed by atoms with Crippen molar-refractivity contribution in [2.45, 2.75) is 27.3 Å². The van der Waals surface area contributed by atoms with Crippen molar-refractivity contribution >= 4 is 0 Å². The van der Waals surface area contributed by atoms with Gasteiger partial charge in [0.2, 0.25) is 0 Å². The molecule has 2 N–H and O–H groups in total. The average molecular weight is 263 g/mol. The molecule has 0 saturated heterocycles. The molecule has 4 heteroatoms. The maximum Gasteiger partial charge on any atom is 0.127 e. The Kier molecular flexibility index (Phi) is 5.46. The molecule has 0 radical (unpaired) electrons. The topological polar surface area (TPSA) is 53.0 Å². The van der Waals surface area contributed by atoms with Crippen molar-refractivity contribution in [3.05, 3.63) is 35.1 Å². The van der Waals surface area contributed by atoms with Crippen LogP contribution in [0.4, 0.5) is 4.39 Å². The van der Waals surface area contributed by atoms with Crippen molar-refractivity contribution in [3.63, 3.8) is 0 Å². The number of nitriles is 1. The Morgan fingerprint density at radius 2 is 2.11 bits per heavy atom. The van der Waals surface area contributed by atoms with Crippen molar-refractivity contribution in [2.75, 3.05) is 19.6 Å². The molecule has 0 unspecified atom stereocenters. The highest BCUT2D eigenvalue weighted by atomic mass is 19.1. The first-order chi connectivity index (χ1) is 8.91. The summed E-state index contributed by atoms with van der Waals surface area (Å²) >= 11 is 0. The van der Waals surface area contributed by atoms with Gasteiger partial charge in [-0.3, -0.25) is 4.90 Å². The molecule has 0 spiro atoms. The largest absolute Gasteiger partial charge is 0.330 e. The molecule has 0 aromatic heterocycles. The first kappa shape index (κ1) is 15.6. The molecule has 1 aromatic carbocycles. The lowest BCUT2D eigenvalue weighted by molar-refractivity contribution is 0.182. The highest BCUT2D eigenvalue weighted by Crippen LogP contribution is 2.18. The molecule has 0 fully saturated rings. The lowest BCUT2D eigenvalue weighted by Gasteiger charge is -2.31. The minimum atomic E-state index is -0.261. The monoisotopic (exact) mass is 263 g/mol. The van der Waals surface area contributed by atoms with E-state index in [1.165, 1.54) is 12.1 Å². The molecule has 0 aliphatic rings. The number of hydrogen-bond donors (Lipinski definition) is 1. The Morgan fingerprint density at radius 1 is 1.42 bits per heavy atom. The van der Waals surface area contributed by atoms with Crippen LogP contribution in [0.3, 0.4) is 0 Å². The molecule has 3 nitrogen and oxygen atoms in total. The van der Waals surface area contributed by atoms with Gasteiger partial charge < -0.3 is 5.73 Å². The highest BCUT2D eigenvalue weighted by Gasteiger charge is 2.20. The van der Waals surface area contributed by atoms with Gasteiger partial charge in [0, 0.05) is 18.7 Å². The highest BCUT2D eigenvalue weighted by molar-refractivity contribution is 5.33. The van der Waals surface area contributed by atoms with Crippen LogP contribution in [0.25, 0.3) is 0 Å². The molecule has 0 heterocycles. The number of halogens is 1. The van der Waals surface area contributed by atoms with E-state index in [2.05, 4.69) is 18.7 Å². The van der Waals surface area contributed by atoms with E-state index in [0.717, 1.165) is 13.1 Å². The minimum Gasteiger partial charge on any atom is -0.330 e. The van der Waals surface area contributed by atoms with Gasteiger partial charge in [-0.15, -0.1) is 0 Å². The van der Waals surface area contributed by atoms with Crippen LogP contribution >= 0.6 is 0 Å². The third kappa shape index (κ3) is 4.62. The zero-order valence-electron chi connectivity index (χ0n) is 11.9. The van der Waals surface area contributed by atoms with Gasteiger partial charge >= 0.3 is 0 Å². The zero-order chi connectivity index (χ0) is 14.5. The predicted octanol–water partition coefficient (Wildman–Crippen LogP) is 2.50. The molecule has 19 heavy (non-hydrogen) atoms. The van der Waals surface area contributed by atoms with Crippen LogP contribution in [0.5, 0.6) is 0 Å². The lowest BCUT2D eigenvalue weighted by Crippen LogP contribution is -2.38. The van der Waals surface area contributed by atoms with Gasteiger partial charge in [-0.1, -0.05) is 20.8 Å².